The van der Waals surface area contributed by atoms with Gasteiger partial charge in [-0.1, -0.05) is 48.5 Å². The Kier molecular flexibility index (Phi) is 6.73. The largest absolute Gasteiger partial charge is 0.461 e. The van der Waals surface area contributed by atoms with Gasteiger partial charge < -0.3 is 15.0 Å². The lowest BCUT2D eigenvalue weighted by Gasteiger charge is -2.43. The van der Waals surface area contributed by atoms with Gasteiger partial charge in [0.15, 0.2) is 5.69 Å². The molecule has 0 saturated heterocycles. The van der Waals surface area contributed by atoms with Gasteiger partial charge in [-0.3, -0.25) is 14.3 Å². The molecule has 2 heterocycles. The van der Waals surface area contributed by atoms with Crippen LogP contribution in [0.5, 0.6) is 0 Å². The van der Waals surface area contributed by atoms with E-state index in [4.69, 9.17) is 4.74 Å². The number of nitrogens with zero attached hydrogens (tertiary/aromatic N) is 3. The Morgan fingerprint density at radius 1 is 1.11 bits per heavy atom. The Morgan fingerprint density at radius 2 is 1.86 bits per heavy atom. The highest BCUT2D eigenvalue weighted by atomic mass is 16.5. The second kappa shape index (κ2) is 9.74. The van der Waals surface area contributed by atoms with Gasteiger partial charge in [0, 0.05) is 19.2 Å². The molecule has 1 aliphatic heterocycles. The summed E-state index contributed by atoms with van der Waals surface area (Å²) in [6.45, 7) is 8.37. The van der Waals surface area contributed by atoms with Crippen LogP contribution < -0.4 is 5.32 Å². The lowest BCUT2D eigenvalue weighted by molar-refractivity contribution is -0.133. The predicted molar refractivity (Wildman–Crippen MR) is 131 cm³/mol. The first-order valence-corrected chi connectivity index (χ1v) is 11.7. The van der Waals surface area contributed by atoms with Crippen LogP contribution >= 0.6 is 0 Å². The zero-order chi connectivity index (χ0) is 25.2. The van der Waals surface area contributed by atoms with E-state index in [1.165, 1.54) is 10.7 Å². The topological polar surface area (TPSA) is 93.5 Å². The van der Waals surface area contributed by atoms with Crippen LogP contribution in [0.25, 0.3) is 0 Å². The third-order valence-electron chi connectivity index (χ3n) is 6.61. The average Bonchev–Trinajstić information content (AvgIpc) is 3.27. The molecule has 1 aromatic heterocycles. The van der Waals surface area contributed by atoms with Crippen molar-refractivity contribution in [3.8, 4) is 0 Å². The number of carbonyl (C=O) groups is 3. The number of hydrogen-bond acceptors (Lipinski definition) is 5. The SMILES string of the molecule is CCOC(=O)c1cc2n(n1)C[C@@](C)(C(=O)NCc1ccccc1)N(Cc1cccc(C)c1C)C2=O. The molecule has 1 N–H and O–H groups in total. The van der Waals surface area contributed by atoms with Gasteiger partial charge in [-0.25, -0.2) is 4.79 Å². The maximum atomic E-state index is 13.7. The number of benzene rings is 2. The van der Waals surface area contributed by atoms with Gasteiger partial charge >= 0.3 is 5.97 Å². The van der Waals surface area contributed by atoms with Crippen LogP contribution in [0.2, 0.25) is 0 Å². The Bertz CT molecular complexity index is 1270. The van der Waals surface area contributed by atoms with E-state index in [1.54, 1.807) is 18.7 Å². The molecular formula is C27H30N4O4. The molecule has 3 aromatic rings. The lowest BCUT2D eigenvalue weighted by Crippen LogP contribution is -2.63. The van der Waals surface area contributed by atoms with E-state index >= 15 is 0 Å². The molecule has 8 nitrogen and oxygen atoms in total. The highest BCUT2D eigenvalue weighted by molar-refractivity contribution is 6.01. The van der Waals surface area contributed by atoms with Crippen molar-refractivity contribution in [2.24, 2.45) is 0 Å². The Labute approximate surface area is 204 Å². The van der Waals surface area contributed by atoms with Crippen molar-refractivity contribution in [3.63, 3.8) is 0 Å². The van der Waals surface area contributed by atoms with E-state index < -0.39 is 11.5 Å². The van der Waals surface area contributed by atoms with Crippen LogP contribution in [0.3, 0.4) is 0 Å². The van der Waals surface area contributed by atoms with Crippen molar-refractivity contribution < 1.29 is 19.1 Å². The summed E-state index contributed by atoms with van der Waals surface area (Å²) in [4.78, 5) is 41.2. The number of fused-ring (bicyclic) bond motifs is 1. The summed E-state index contributed by atoms with van der Waals surface area (Å²) < 4.78 is 6.50. The number of amides is 2. The predicted octanol–water partition coefficient (Wildman–Crippen LogP) is 3.41. The van der Waals surface area contributed by atoms with Crippen molar-refractivity contribution in [3.05, 3.63) is 88.2 Å². The smallest absolute Gasteiger partial charge is 0.358 e. The number of carbonyl (C=O) groups excluding carboxylic acids is 3. The molecule has 182 valence electrons. The van der Waals surface area contributed by atoms with E-state index in [2.05, 4.69) is 10.4 Å². The zero-order valence-corrected chi connectivity index (χ0v) is 20.5. The minimum atomic E-state index is -1.23. The summed E-state index contributed by atoms with van der Waals surface area (Å²) in [5.41, 5.74) is 3.17. The lowest BCUT2D eigenvalue weighted by atomic mass is 9.93. The number of aromatic nitrogens is 2. The van der Waals surface area contributed by atoms with Crippen LogP contribution in [0.15, 0.2) is 54.6 Å². The number of aryl methyl sites for hydroxylation is 1. The summed E-state index contributed by atoms with van der Waals surface area (Å²) >= 11 is 0. The molecule has 35 heavy (non-hydrogen) atoms. The quantitative estimate of drug-likeness (QED) is 0.530. The fourth-order valence-electron chi connectivity index (χ4n) is 4.32. The first kappa shape index (κ1) is 24.2. The number of hydrogen-bond donors (Lipinski definition) is 1. The van der Waals surface area contributed by atoms with Crippen molar-refractivity contribution in [1.29, 1.82) is 0 Å². The van der Waals surface area contributed by atoms with E-state index in [1.807, 2.05) is 62.4 Å². The van der Waals surface area contributed by atoms with E-state index in [9.17, 15) is 14.4 Å². The van der Waals surface area contributed by atoms with Crippen molar-refractivity contribution >= 4 is 17.8 Å². The van der Waals surface area contributed by atoms with Crippen LogP contribution in [0.1, 0.15) is 57.1 Å². The van der Waals surface area contributed by atoms with E-state index in [-0.39, 0.29) is 42.9 Å². The normalized spacial score (nSPS) is 17.1. The molecule has 1 atom stereocenters. The molecule has 0 radical (unpaired) electrons. The maximum Gasteiger partial charge on any atom is 0.358 e. The van der Waals surface area contributed by atoms with Gasteiger partial charge in [0.25, 0.3) is 5.91 Å². The van der Waals surface area contributed by atoms with Crippen LogP contribution in [-0.2, 0) is 29.2 Å². The molecule has 0 aliphatic carbocycles. The summed E-state index contributed by atoms with van der Waals surface area (Å²) in [5, 5.41) is 7.29. The van der Waals surface area contributed by atoms with Crippen molar-refractivity contribution in [2.45, 2.75) is 52.9 Å². The van der Waals surface area contributed by atoms with Gasteiger partial charge in [-0.2, -0.15) is 5.10 Å². The van der Waals surface area contributed by atoms with Crippen molar-refractivity contribution in [2.75, 3.05) is 6.61 Å². The van der Waals surface area contributed by atoms with Crippen molar-refractivity contribution in [1.82, 2.24) is 20.0 Å². The van der Waals surface area contributed by atoms with Crippen LogP contribution in [0.4, 0.5) is 0 Å². The third-order valence-corrected chi connectivity index (χ3v) is 6.61. The first-order valence-electron chi connectivity index (χ1n) is 11.7. The Balaban J connectivity index is 1.70. The van der Waals surface area contributed by atoms with Crippen LogP contribution in [0, 0.1) is 13.8 Å². The molecule has 2 amide bonds. The molecule has 4 rings (SSSR count). The molecule has 0 spiro atoms. The van der Waals surface area contributed by atoms with E-state index in [0.29, 0.717) is 6.54 Å². The molecule has 0 saturated carbocycles. The van der Waals surface area contributed by atoms with Gasteiger partial charge in [0.1, 0.15) is 11.2 Å². The summed E-state index contributed by atoms with van der Waals surface area (Å²) in [7, 11) is 0. The van der Waals surface area contributed by atoms with E-state index in [0.717, 1.165) is 22.3 Å². The molecule has 0 unspecified atom stereocenters. The third kappa shape index (κ3) is 4.69. The minimum Gasteiger partial charge on any atom is -0.461 e. The summed E-state index contributed by atoms with van der Waals surface area (Å²) in [5.74, 6) is -1.25. The monoisotopic (exact) mass is 474 g/mol. The number of ether oxygens (including phenoxy) is 1. The number of rotatable bonds is 7. The Hall–Kier alpha value is -3.94. The molecule has 2 aromatic carbocycles. The molecule has 1 aliphatic rings. The molecule has 0 fully saturated rings. The maximum absolute atomic E-state index is 13.7. The molecular weight excluding hydrogens is 444 g/mol. The van der Waals surface area contributed by atoms with Gasteiger partial charge in [0.05, 0.1) is 13.2 Å². The second-order valence-electron chi connectivity index (χ2n) is 8.99. The molecule has 0 bridgehead atoms. The fraction of sp³-hybridized carbons (Fsp3) is 0.333. The number of esters is 1. The highest BCUT2D eigenvalue weighted by Crippen LogP contribution is 2.30. The average molecular weight is 475 g/mol. The minimum absolute atomic E-state index is 0.0517. The second-order valence-corrected chi connectivity index (χ2v) is 8.99. The number of nitrogens with one attached hydrogen (secondary N) is 1. The standard InChI is InChI=1S/C27H30N4O4/c1-5-35-25(33)22-14-23-24(32)30(16-21-13-9-10-18(2)19(21)3)27(4,17-31(23)29-22)26(34)28-15-20-11-7-6-8-12-20/h6-14H,5,15-17H2,1-4H3,(H,28,34)/t27-/m0/s1. The molecule has 8 heteroatoms. The Morgan fingerprint density at radius 3 is 2.57 bits per heavy atom. The zero-order valence-electron chi connectivity index (χ0n) is 20.5. The van der Waals surface area contributed by atoms with Gasteiger partial charge in [-0.05, 0) is 49.9 Å². The summed E-state index contributed by atoms with van der Waals surface area (Å²) in [6, 6.07) is 17.0. The van der Waals surface area contributed by atoms with Crippen LogP contribution in [-0.4, -0.2) is 44.6 Å². The first-order chi connectivity index (χ1) is 16.7. The fourth-order valence-corrected chi connectivity index (χ4v) is 4.32. The van der Waals surface area contributed by atoms with Gasteiger partial charge in [0.2, 0.25) is 5.91 Å². The van der Waals surface area contributed by atoms with Gasteiger partial charge in [-0.15, -0.1) is 0 Å². The highest BCUT2D eigenvalue weighted by Gasteiger charge is 2.48. The summed E-state index contributed by atoms with van der Waals surface area (Å²) in [6.07, 6.45) is 0.